The molecule has 0 atom stereocenters. The van der Waals surface area contributed by atoms with Crippen LogP contribution in [0, 0.1) is 6.92 Å². The van der Waals surface area contributed by atoms with Crippen LogP contribution >= 0.6 is 0 Å². The van der Waals surface area contributed by atoms with Crippen LogP contribution in [0.4, 0.5) is 5.69 Å². The lowest BCUT2D eigenvalue weighted by Gasteiger charge is -2.36. The zero-order chi connectivity index (χ0) is 19.6. The zero-order valence-corrected chi connectivity index (χ0v) is 16.6. The Morgan fingerprint density at radius 2 is 1.63 bits per heavy atom. The van der Waals surface area contributed by atoms with E-state index in [1.54, 1.807) is 24.1 Å². The summed E-state index contributed by atoms with van der Waals surface area (Å²) >= 11 is 0. The van der Waals surface area contributed by atoms with Crippen molar-refractivity contribution in [3.8, 4) is 5.75 Å². The number of sulfone groups is 1. The minimum absolute atomic E-state index is 0.118. The number of amides is 1. The second kappa shape index (κ2) is 7.60. The molecule has 0 saturated carbocycles. The second-order valence-electron chi connectivity index (χ2n) is 6.73. The van der Waals surface area contributed by atoms with E-state index in [-0.39, 0.29) is 10.8 Å². The number of anilines is 1. The molecule has 0 aliphatic carbocycles. The SMILES string of the molecule is COc1ccc(N2CCN(C(=O)c3cc(S(C)(=O)=O)ccc3C)CC2)cc1. The highest BCUT2D eigenvalue weighted by atomic mass is 32.2. The first-order valence-corrected chi connectivity index (χ1v) is 10.7. The van der Waals surface area contributed by atoms with Gasteiger partial charge in [0, 0.05) is 43.7 Å². The van der Waals surface area contributed by atoms with E-state index in [2.05, 4.69) is 4.90 Å². The fraction of sp³-hybridized carbons (Fsp3) is 0.350. The molecule has 0 aromatic heterocycles. The minimum atomic E-state index is -3.35. The predicted molar refractivity (Wildman–Crippen MR) is 105 cm³/mol. The van der Waals surface area contributed by atoms with Gasteiger partial charge in [0.1, 0.15) is 5.75 Å². The highest BCUT2D eigenvalue weighted by molar-refractivity contribution is 7.90. The van der Waals surface area contributed by atoms with Crippen LogP contribution in [0.25, 0.3) is 0 Å². The standard InChI is InChI=1S/C20H24N2O4S/c1-15-4-9-18(27(3,24)25)14-19(15)20(23)22-12-10-21(11-13-22)16-5-7-17(26-2)8-6-16/h4-9,14H,10-13H2,1-3H3. The predicted octanol–water partition coefficient (Wildman–Crippen LogP) is 2.37. The average molecular weight is 388 g/mol. The molecule has 6 nitrogen and oxygen atoms in total. The molecule has 0 unspecified atom stereocenters. The topological polar surface area (TPSA) is 66.9 Å². The summed E-state index contributed by atoms with van der Waals surface area (Å²) in [5.74, 6) is 0.696. The Bertz CT molecular complexity index is 931. The van der Waals surface area contributed by atoms with Crippen LogP contribution in [-0.4, -0.2) is 58.8 Å². The molecule has 3 rings (SSSR count). The number of hydrogen-bond donors (Lipinski definition) is 0. The molecular weight excluding hydrogens is 364 g/mol. The quantitative estimate of drug-likeness (QED) is 0.804. The average Bonchev–Trinajstić information content (AvgIpc) is 2.67. The molecule has 0 radical (unpaired) electrons. The van der Waals surface area contributed by atoms with Gasteiger partial charge in [-0.05, 0) is 48.9 Å². The Morgan fingerprint density at radius 3 is 2.19 bits per heavy atom. The van der Waals surface area contributed by atoms with Crippen molar-refractivity contribution in [3.05, 3.63) is 53.6 Å². The van der Waals surface area contributed by atoms with Gasteiger partial charge >= 0.3 is 0 Å². The number of carbonyl (C=O) groups excluding carboxylic acids is 1. The van der Waals surface area contributed by atoms with Crippen LogP contribution in [0.2, 0.25) is 0 Å². The van der Waals surface area contributed by atoms with E-state index < -0.39 is 9.84 Å². The van der Waals surface area contributed by atoms with Gasteiger partial charge in [-0.2, -0.15) is 0 Å². The summed E-state index contributed by atoms with van der Waals surface area (Å²) in [5, 5.41) is 0. The lowest BCUT2D eigenvalue weighted by molar-refractivity contribution is 0.0746. The summed E-state index contributed by atoms with van der Waals surface area (Å²) in [6.07, 6.45) is 1.15. The molecule has 1 heterocycles. The summed E-state index contributed by atoms with van der Waals surface area (Å²) in [6.45, 7) is 4.46. The number of rotatable bonds is 4. The number of carbonyl (C=O) groups is 1. The van der Waals surface area contributed by atoms with Crippen molar-refractivity contribution in [3.63, 3.8) is 0 Å². The first kappa shape index (κ1) is 19.2. The van der Waals surface area contributed by atoms with Crippen molar-refractivity contribution < 1.29 is 17.9 Å². The van der Waals surface area contributed by atoms with E-state index in [4.69, 9.17) is 4.74 Å². The molecule has 2 aromatic rings. The Kier molecular flexibility index (Phi) is 5.41. The van der Waals surface area contributed by atoms with E-state index in [0.29, 0.717) is 18.7 Å². The summed E-state index contributed by atoms with van der Waals surface area (Å²) in [6, 6.07) is 12.6. The number of ether oxygens (including phenoxy) is 1. The van der Waals surface area contributed by atoms with Gasteiger partial charge in [-0.15, -0.1) is 0 Å². The largest absolute Gasteiger partial charge is 0.497 e. The van der Waals surface area contributed by atoms with Crippen LogP contribution in [0.15, 0.2) is 47.4 Å². The van der Waals surface area contributed by atoms with Crippen molar-refractivity contribution in [1.82, 2.24) is 4.90 Å². The molecule has 144 valence electrons. The van der Waals surface area contributed by atoms with Gasteiger partial charge in [-0.25, -0.2) is 8.42 Å². The summed E-state index contributed by atoms with van der Waals surface area (Å²) < 4.78 is 28.8. The van der Waals surface area contributed by atoms with Gasteiger partial charge in [0.05, 0.1) is 12.0 Å². The monoisotopic (exact) mass is 388 g/mol. The lowest BCUT2D eigenvalue weighted by Crippen LogP contribution is -2.49. The number of aryl methyl sites for hydroxylation is 1. The van der Waals surface area contributed by atoms with Gasteiger partial charge < -0.3 is 14.5 Å². The Morgan fingerprint density at radius 1 is 1.00 bits per heavy atom. The Hall–Kier alpha value is -2.54. The highest BCUT2D eigenvalue weighted by Crippen LogP contribution is 2.22. The highest BCUT2D eigenvalue weighted by Gasteiger charge is 2.24. The minimum Gasteiger partial charge on any atom is -0.497 e. The maximum absolute atomic E-state index is 12.9. The molecular formula is C20H24N2O4S. The molecule has 1 aliphatic rings. The molecule has 1 saturated heterocycles. The number of piperazine rings is 1. The van der Waals surface area contributed by atoms with Crippen LogP contribution in [0.5, 0.6) is 5.75 Å². The summed E-state index contributed by atoms with van der Waals surface area (Å²) in [4.78, 5) is 17.1. The van der Waals surface area contributed by atoms with Crippen LogP contribution in [-0.2, 0) is 9.84 Å². The van der Waals surface area contributed by atoms with Crippen LogP contribution in [0.3, 0.4) is 0 Å². The molecule has 0 N–H and O–H groups in total. The third-order valence-electron chi connectivity index (χ3n) is 4.87. The smallest absolute Gasteiger partial charge is 0.254 e. The zero-order valence-electron chi connectivity index (χ0n) is 15.8. The van der Waals surface area contributed by atoms with E-state index in [1.165, 1.54) is 6.07 Å². The van der Waals surface area contributed by atoms with E-state index in [9.17, 15) is 13.2 Å². The fourth-order valence-electron chi connectivity index (χ4n) is 3.19. The first-order valence-electron chi connectivity index (χ1n) is 8.78. The molecule has 0 bridgehead atoms. The van der Waals surface area contributed by atoms with Gasteiger partial charge in [0.15, 0.2) is 9.84 Å². The number of methoxy groups -OCH3 is 1. The Balaban J connectivity index is 1.71. The molecule has 0 spiro atoms. The molecule has 1 fully saturated rings. The van der Waals surface area contributed by atoms with Crippen molar-refractivity contribution >= 4 is 21.4 Å². The van der Waals surface area contributed by atoms with Gasteiger partial charge in [0.2, 0.25) is 0 Å². The number of hydrogen-bond acceptors (Lipinski definition) is 5. The second-order valence-corrected chi connectivity index (χ2v) is 8.74. The van der Waals surface area contributed by atoms with Crippen molar-refractivity contribution in [2.45, 2.75) is 11.8 Å². The molecule has 2 aromatic carbocycles. The fourth-order valence-corrected chi connectivity index (χ4v) is 3.84. The third-order valence-corrected chi connectivity index (χ3v) is 5.98. The van der Waals surface area contributed by atoms with Crippen molar-refractivity contribution in [1.29, 1.82) is 0 Å². The number of nitrogens with zero attached hydrogens (tertiary/aromatic N) is 2. The van der Waals surface area contributed by atoms with E-state index >= 15 is 0 Å². The van der Waals surface area contributed by atoms with E-state index in [0.717, 1.165) is 36.3 Å². The van der Waals surface area contributed by atoms with Gasteiger partial charge in [0.25, 0.3) is 5.91 Å². The normalized spacial score (nSPS) is 14.9. The third kappa shape index (κ3) is 4.24. The molecule has 7 heteroatoms. The van der Waals surface area contributed by atoms with Crippen molar-refractivity contribution in [2.24, 2.45) is 0 Å². The van der Waals surface area contributed by atoms with Crippen LogP contribution < -0.4 is 9.64 Å². The summed E-state index contributed by atoms with van der Waals surface area (Å²) in [5.41, 5.74) is 2.33. The Labute approximate surface area is 160 Å². The maximum atomic E-state index is 12.9. The number of benzene rings is 2. The molecule has 1 amide bonds. The first-order chi connectivity index (χ1) is 12.8. The molecule has 27 heavy (non-hydrogen) atoms. The lowest BCUT2D eigenvalue weighted by atomic mass is 10.1. The van der Waals surface area contributed by atoms with E-state index in [1.807, 2.05) is 31.2 Å². The van der Waals surface area contributed by atoms with Gasteiger partial charge in [-0.3, -0.25) is 4.79 Å². The van der Waals surface area contributed by atoms with Crippen molar-refractivity contribution in [2.75, 3.05) is 44.4 Å². The summed E-state index contributed by atoms with van der Waals surface area (Å²) in [7, 11) is -1.71. The van der Waals surface area contributed by atoms with Crippen LogP contribution in [0.1, 0.15) is 15.9 Å². The maximum Gasteiger partial charge on any atom is 0.254 e. The van der Waals surface area contributed by atoms with Gasteiger partial charge in [-0.1, -0.05) is 6.07 Å². The molecule has 1 aliphatic heterocycles.